The largest absolute Gasteiger partial charge is 0.457 e. The van der Waals surface area contributed by atoms with Crippen LogP contribution in [0.5, 0.6) is 11.5 Å². The molecule has 0 heterocycles. The van der Waals surface area contributed by atoms with Crippen LogP contribution in [0, 0.1) is 5.82 Å². The summed E-state index contributed by atoms with van der Waals surface area (Å²) in [4.78, 5) is 0. The molecule has 0 bridgehead atoms. The first-order valence-corrected chi connectivity index (χ1v) is 5.73. The number of hydrogen-bond donors (Lipinski definition) is 1. The zero-order valence-corrected chi connectivity index (χ0v) is 10.2. The van der Waals surface area contributed by atoms with Crippen LogP contribution in [0.15, 0.2) is 42.5 Å². The number of alkyl halides is 3. The molecule has 2 aromatic carbocycles. The van der Waals surface area contributed by atoms with Crippen LogP contribution in [-0.4, -0.2) is 0 Å². The Balaban J connectivity index is 2.28. The normalized spacial score (nSPS) is 11.4. The van der Waals surface area contributed by atoms with Crippen molar-refractivity contribution in [3.05, 3.63) is 59.4 Å². The Kier molecular flexibility index (Phi) is 3.94. The van der Waals surface area contributed by atoms with E-state index in [2.05, 4.69) is 0 Å². The minimum absolute atomic E-state index is 0.0200. The summed E-state index contributed by atoms with van der Waals surface area (Å²) in [6, 6.07) is 8.17. The highest BCUT2D eigenvalue weighted by Gasteiger charge is 2.30. The van der Waals surface area contributed by atoms with Crippen LogP contribution in [0.4, 0.5) is 17.6 Å². The number of halogens is 4. The zero-order valence-electron chi connectivity index (χ0n) is 10.2. The van der Waals surface area contributed by atoms with Gasteiger partial charge in [-0.1, -0.05) is 6.07 Å². The fraction of sp³-hybridized carbons (Fsp3) is 0.143. The second kappa shape index (κ2) is 5.50. The Hall–Kier alpha value is -2.08. The van der Waals surface area contributed by atoms with E-state index in [1.807, 2.05) is 0 Å². The summed E-state index contributed by atoms with van der Waals surface area (Å²) in [7, 11) is 0. The summed E-state index contributed by atoms with van der Waals surface area (Å²) in [6.45, 7) is 0.108. The maximum absolute atomic E-state index is 13.3. The third kappa shape index (κ3) is 3.48. The second-order valence-electron chi connectivity index (χ2n) is 4.13. The monoisotopic (exact) mass is 285 g/mol. The number of ether oxygens (including phenoxy) is 1. The number of benzene rings is 2. The molecule has 0 aliphatic rings. The topological polar surface area (TPSA) is 35.2 Å². The van der Waals surface area contributed by atoms with Crippen LogP contribution in [-0.2, 0) is 12.7 Å². The van der Waals surface area contributed by atoms with Crippen molar-refractivity contribution in [3.8, 4) is 11.5 Å². The Morgan fingerprint density at radius 2 is 1.75 bits per heavy atom. The number of hydrogen-bond acceptors (Lipinski definition) is 2. The maximum atomic E-state index is 13.3. The van der Waals surface area contributed by atoms with Crippen LogP contribution < -0.4 is 10.5 Å². The summed E-state index contributed by atoms with van der Waals surface area (Å²) in [5, 5.41) is 0. The molecule has 0 aliphatic heterocycles. The number of rotatable bonds is 3. The lowest BCUT2D eigenvalue weighted by Gasteiger charge is -2.10. The van der Waals surface area contributed by atoms with Gasteiger partial charge in [0.25, 0.3) is 0 Å². The highest BCUT2D eigenvalue weighted by molar-refractivity contribution is 5.37. The van der Waals surface area contributed by atoms with Crippen molar-refractivity contribution in [2.75, 3.05) is 0 Å². The van der Waals surface area contributed by atoms with Crippen molar-refractivity contribution in [2.45, 2.75) is 12.7 Å². The third-order valence-electron chi connectivity index (χ3n) is 2.56. The van der Waals surface area contributed by atoms with E-state index < -0.39 is 17.6 Å². The van der Waals surface area contributed by atoms with Gasteiger partial charge in [-0.25, -0.2) is 4.39 Å². The smallest absolute Gasteiger partial charge is 0.416 e. The molecule has 20 heavy (non-hydrogen) atoms. The first-order valence-electron chi connectivity index (χ1n) is 5.73. The van der Waals surface area contributed by atoms with E-state index in [4.69, 9.17) is 10.5 Å². The Labute approximate surface area is 112 Å². The van der Waals surface area contributed by atoms with Gasteiger partial charge in [0, 0.05) is 12.6 Å². The highest BCUT2D eigenvalue weighted by Crippen LogP contribution is 2.32. The minimum atomic E-state index is -4.45. The van der Waals surface area contributed by atoms with Gasteiger partial charge in [-0.15, -0.1) is 0 Å². The summed E-state index contributed by atoms with van der Waals surface area (Å²) in [5.74, 6) is -0.479. The first-order chi connectivity index (χ1) is 9.38. The van der Waals surface area contributed by atoms with Gasteiger partial charge >= 0.3 is 6.18 Å². The SMILES string of the molecule is NCc1cc(F)cc(Oc2cccc(C(F)(F)F)c2)c1. The van der Waals surface area contributed by atoms with E-state index in [1.165, 1.54) is 24.3 Å². The standard InChI is InChI=1S/C14H11F4NO/c15-11-4-9(8-19)5-13(7-11)20-12-3-1-2-10(6-12)14(16,17)18/h1-7H,8,19H2. The van der Waals surface area contributed by atoms with E-state index in [1.54, 1.807) is 0 Å². The molecule has 6 heteroatoms. The molecule has 0 spiro atoms. The van der Waals surface area contributed by atoms with Crippen molar-refractivity contribution >= 4 is 0 Å². The lowest BCUT2D eigenvalue weighted by atomic mass is 10.2. The van der Waals surface area contributed by atoms with Gasteiger partial charge in [-0.05, 0) is 35.9 Å². The molecule has 0 unspecified atom stereocenters. The predicted molar refractivity (Wildman–Crippen MR) is 65.8 cm³/mol. The molecule has 0 radical (unpaired) electrons. The van der Waals surface area contributed by atoms with Crippen LogP contribution in [0.3, 0.4) is 0 Å². The van der Waals surface area contributed by atoms with Gasteiger partial charge in [0.2, 0.25) is 0 Å². The quantitative estimate of drug-likeness (QED) is 0.862. The van der Waals surface area contributed by atoms with E-state index in [0.717, 1.165) is 18.2 Å². The zero-order chi connectivity index (χ0) is 14.8. The molecule has 2 nitrogen and oxygen atoms in total. The van der Waals surface area contributed by atoms with Gasteiger partial charge in [-0.2, -0.15) is 13.2 Å². The third-order valence-corrected chi connectivity index (χ3v) is 2.56. The maximum Gasteiger partial charge on any atom is 0.416 e. The Bertz CT molecular complexity index is 610. The molecule has 2 aromatic rings. The van der Waals surface area contributed by atoms with Crippen molar-refractivity contribution in [1.29, 1.82) is 0 Å². The molecular formula is C14H11F4NO. The van der Waals surface area contributed by atoms with Crippen LogP contribution >= 0.6 is 0 Å². The summed E-state index contributed by atoms with van der Waals surface area (Å²) in [6.07, 6.45) is -4.45. The molecule has 0 saturated carbocycles. The highest BCUT2D eigenvalue weighted by atomic mass is 19.4. The van der Waals surface area contributed by atoms with Gasteiger partial charge in [0.1, 0.15) is 17.3 Å². The molecule has 0 saturated heterocycles. The van der Waals surface area contributed by atoms with Crippen LogP contribution in [0.25, 0.3) is 0 Å². The molecule has 2 rings (SSSR count). The van der Waals surface area contributed by atoms with Crippen molar-refractivity contribution in [2.24, 2.45) is 5.73 Å². The van der Waals surface area contributed by atoms with Crippen molar-refractivity contribution in [3.63, 3.8) is 0 Å². The van der Waals surface area contributed by atoms with Gasteiger partial charge < -0.3 is 10.5 Å². The average Bonchev–Trinajstić information content (AvgIpc) is 2.37. The molecular weight excluding hydrogens is 274 g/mol. The van der Waals surface area contributed by atoms with E-state index in [0.29, 0.717) is 5.56 Å². The molecule has 0 atom stereocenters. The van der Waals surface area contributed by atoms with E-state index in [9.17, 15) is 17.6 Å². The van der Waals surface area contributed by atoms with Gasteiger partial charge in [0.05, 0.1) is 5.56 Å². The summed E-state index contributed by atoms with van der Waals surface area (Å²) >= 11 is 0. The first kappa shape index (κ1) is 14.3. The molecule has 0 fully saturated rings. The minimum Gasteiger partial charge on any atom is -0.457 e. The Morgan fingerprint density at radius 3 is 2.40 bits per heavy atom. The average molecular weight is 285 g/mol. The van der Waals surface area contributed by atoms with Crippen molar-refractivity contribution < 1.29 is 22.3 Å². The fourth-order valence-electron chi connectivity index (χ4n) is 1.67. The number of nitrogens with two attached hydrogens (primary N) is 1. The van der Waals surface area contributed by atoms with E-state index >= 15 is 0 Å². The van der Waals surface area contributed by atoms with Gasteiger partial charge in [-0.3, -0.25) is 0 Å². The van der Waals surface area contributed by atoms with E-state index in [-0.39, 0.29) is 18.0 Å². The molecule has 0 aliphatic carbocycles. The van der Waals surface area contributed by atoms with Crippen LogP contribution in [0.2, 0.25) is 0 Å². The molecule has 0 amide bonds. The predicted octanol–water partition coefficient (Wildman–Crippen LogP) is 4.10. The lowest BCUT2D eigenvalue weighted by Crippen LogP contribution is -2.04. The molecule has 106 valence electrons. The molecule has 0 aromatic heterocycles. The summed E-state index contributed by atoms with van der Waals surface area (Å²) in [5.41, 5.74) is 5.06. The van der Waals surface area contributed by atoms with Gasteiger partial charge in [0.15, 0.2) is 0 Å². The Morgan fingerprint density at radius 1 is 1.00 bits per heavy atom. The second-order valence-corrected chi connectivity index (χ2v) is 4.13. The lowest BCUT2D eigenvalue weighted by molar-refractivity contribution is -0.137. The van der Waals surface area contributed by atoms with Crippen molar-refractivity contribution in [1.82, 2.24) is 0 Å². The molecule has 2 N–H and O–H groups in total. The fourth-order valence-corrected chi connectivity index (χ4v) is 1.67. The van der Waals surface area contributed by atoms with Crippen LogP contribution in [0.1, 0.15) is 11.1 Å². The summed E-state index contributed by atoms with van der Waals surface area (Å²) < 4.78 is 56.2.